The average Bonchev–Trinajstić information content (AvgIpc) is 2.29. The summed E-state index contributed by atoms with van der Waals surface area (Å²) in [5.41, 5.74) is 4.42. The molecule has 0 fully saturated rings. The number of carbonyl (C=O) groups excluding carboxylic acids is 3. The van der Waals surface area contributed by atoms with Crippen LogP contribution in [0.25, 0.3) is 0 Å². The number of amides is 2. The zero-order chi connectivity index (χ0) is 15.8. The van der Waals surface area contributed by atoms with E-state index in [-0.39, 0.29) is 12.8 Å². The predicted molar refractivity (Wildman–Crippen MR) is 72.7 cm³/mol. The molecule has 0 radical (unpaired) electrons. The van der Waals surface area contributed by atoms with Crippen molar-refractivity contribution in [1.29, 1.82) is 0 Å². The summed E-state index contributed by atoms with van der Waals surface area (Å²) in [6, 6.07) is -0.545. The van der Waals surface area contributed by atoms with E-state index in [1.165, 1.54) is 19.3 Å². The molecular formula is C13H22N2O5. The summed E-state index contributed by atoms with van der Waals surface area (Å²) in [4.78, 5) is 33.4. The van der Waals surface area contributed by atoms with Gasteiger partial charge in [-0.3, -0.25) is 4.79 Å². The van der Waals surface area contributed by atoms with Gasteiger partial charge in [0.2, 0.25) is 5.91 Å². The Morgan fingerprint density at radius 1 is 1.30 bits per heavy atom. The van der Waals surface area contributed by atoms with Crippen molar-refractivity contribution >= 4 is 18.0 Å². The number of nitrogens with two attached hydrogens (primary N) is 1. The quantitative estimate of drug-likeness (QED) is 0.556. The number of esters is 1. The Kier molecular flexibility index (Phi) is 7.35. The second-order valence-corrected chi connectivity index (χ2v) is 5.14. The highest BCUT2D eigenvalue weighted by molar-refractivity contribution is 5.82. The van der Waals surface area contributed by atoms with Crippen LogP contribution in [-0.4, -0.2) is 36.7 Å². The van der Waals surface area contributed by atoms with Crippen LogP contribution in [0.5, 0.6) is 0 Å². The molecule has 0 bridgehead atoms. The van der Waals surface area contributed by atoms with Crippen LogP contribution in [0.3, 0.4) is 0 Å². The van der Waals surface area contributed by atoms with Gasteiger partial charge in [0.1, 0.15) is 5.60 Å². The van der Waals surface area contributed by atoms with E-state index in [4.69, 9.17) is 10.5 Å². The number of alkyl carbamates (subject to hydrolysis) is 1. The first-order valence-corrected chi connectivity index (χ1v) is 6.18. The number of hydrogen-bond acceptors (Lipinski definition) is 5. The van der Waals surface area contributed by atoms with Crippen LogP contribution in [-0.2, 0) is 19.1 Å². The number of primary amides is 1. The van der Waals surface area contributed by atoms with Crippen LogP contribution in [0.4, 0.5) is 4.79 Å². The van der Waals surface area contributed by atoms with E-state index in [0.29, 0.717) is 0 Å². The van der Waals surface area contributed by atoms with Gasteiger partial charge in [-0.05, 0) is 27.2 Å². The minimum atomic E-state index is -0.638. The van der Waals surface area contributed by atoms with Gasteiger partial charge in [0, 0.05) is 12.5 Å². The van der Waals surface area contributed by atoms with Gasteiger partial charge in [0.15, 0.2) is 0 Å². The van der Waals surface area contributed by atoms with Gasteiger partial charge in [-0.25, -0.2) is 9.59 Å². The van der Waals surface area contributed by atoms with Gasteiger partial charge in [-0.2, -0.15) is 0 Å². The van der Waals surface area contributed by atoms with Crippen LogP contribution in [0.1, 0.15) is 33.6 Å². The third-order valence-corrected chi connectivity index (χ3v) is 2.07. The number of methoxy groups -OCH3 is 1. The fourth-order valence-corrected chi connectivity index (χ4v) is 1.24. The van der Waals surface area contributed by atoms with E-state index < -0.39 is 29.6 Å². The Labute approximate surface area is 118 Å². The lowest BCUT2D eigenvalue weighted by molar-refractivity contribution is -0.134. The molecule has 0 aliphatic rings. The van der Waals surface area contributed by atoms with Crippen molar-refractivity contribution in [2.24, 2.45) is 5.73 Å². The van der Waals surface area contributed by atoms with Gasteiger partial charge in [0.25, 0.3) is 0 Å². The normalized spacial score (nSPS) is 12.8. The van der Waals surface area contributed by atoms with Gasteiger partial charge < -0.3 is 20.5 Å². The van der Waals surface area contributed by atoms with Gasteiger partial charge in [0.05, 0.1) is 13.2 Å². The molecule has 0 aliphatic carbocycles. The lowest BCUT2D eigenvalue weighted by Gasteiger charge is -2.22. The van der Waals surface area contributed by atoms with Gasteiger partial charge >= 0.3 is 12.1 Å². The molecule has 2 amide bonds. The number of hydrogen-bond donors (Lipinski definition) is 2. The summed E-state index contributed by atoms with van der Waals surface area (Å²) >= 11 is 0. The van der Waals surface area contributed by atoms with Crippen LogP contribution in [0.15, 0.2) is 12.2 Å². The Morgan fingerprint density at radius 2 is 1.90 bits per heavy atom. The lowest BCUT2D eigenvalue weighted by Crippen LogP contribution is -2.38. The minimum Gasteiger partial charge on any atom is -0.466 e. The average molecular weight is 286 g/mol. The number of rotatable bonds is 6. The van der Waals surface area contributed by atoms with Crippen molar-refractivity contribution in [3.8, 4) is 0 Å². The first-order chi connectivity index (χ1) is 9.14. The molecule has 0 saturated heterocycles. The largest absolute Gasteiger partial charge is 0.466 e. The van der Waals surface area contributed by atoms with E-state index in [1.807, 2.05) is 0 Å². The van der Waals surface area contributed by atoms with E-state index >= 15 is 0 Å². The maximum Gasteiger partial charge on any atom is 0.408 e. The maximum atomic E-state index is 11.6. The Morgan fingerprint density at radius 3 is 2.35 bits per heavy atom. The van der Waals surface area contributed by atoms with E-state index in [9.17, 15) is 14.4 Å². The molecule has 0 unspecified atom stereocenters. The molecule has 0 heterocycles. The first kappa shape index (κ1) is 17.9. The second-order valence-electron chi connectivity index (χ2n) is 5.14. The van der Waals surface area contributed by atoms with Crippen molar-refractivity contribution in [3.63, 3.8) is 0 Å². The molecule has 0 aromatic rings. The molecule has 0 saturated carbocycles. The van der Waals surface area contributed by atoms with Crippen LogP contribution in [0.2, 0.25) is 0 Å². The Bertz CT molecular complexity index is 385. The molecule has 0 spiro atoms. The SMILES string of the molecule is COC(=O)/C=C/[C@H](CCC(N)=O)NC(=O)OC(C)(C)C. The lowest BCUT2D eigenvalue weighted by atomic mass is 10.1. The monoisotopic (exact) mass is 286 g/mol. The molecule has 7 heteroatoms. The fourth-order valence-electron chi connectivity index (χ4n) is 1.24. The summed E-state index contributed by atoms with van der Waals surface area (Å²) in [6.45, 7) is 5.19. The third kappa shape index (κ3) is 9.93. The highest BCUT2D eigenvalue weighted by Gasteiger charge is 2.18. The molecular weight excluding hydrogens is 264 g/mol. The zero-order valence-electron chi connectivity index (χ0n) is 12.3. The van der Waals surface area contributed by atoms with Crippen LogP contribution >= 0.6 is 0 Å². The summed E-state index contributed by atoms with van der Waals surface area (Å²) in [5, 5.41) is 2.54. The summed E-state index contributed by atoms with van der Waals surface area (Å²) < 4.78 is 9.54. The molecule has 114 valence electrons. The molecule has 0 aliphatic heterocycles. The summed E-state index contributed by atoms with van der Waals surface area (Å²) in [5.74, 6) is -1.05. The molecule has 3 N–H and O–H groups in total. The molecule has 1 atom stereocenters. The van der Waals surface area contributed by atoms with Gasteiger partial charge in [-0.15, -0.1) is 0 Å². The Hall–Kier alpha value is -2.05. The predicted octanol–water partition coefficient (Wildman–Crippen LogP) is 0.874. The van der Waals surface area contributed by atoms with Gasteiger partial charge in [-0.1, -0.05) is 6.08 Å². The van der Waals surface area contributed by atoms with E-state index in [2.05, 4.69) is 10.1 Å². The maximum absolute atomic E-state index is 11.6. The van der Waals surface area contributed by atoms with E-state index in [0.717, 1.165) is 0 Å². The topological polar surface area (TPSA) is 108 Å². The molecule has 20 heavy (non-hydrogen) atoms. The minimum absolute atomic E-state index is 0.0754. The third-order valence-electron chi connectivity index (χ3n) is 2.07. The van der Waals surface area contributed by atoms with Crippen molar-refractivity contribution in [2.45, 2.75) is 45.3 Å². The summed E-state index contributed by atoms with van der Waals surface area (Å²) in [7, 11) is 1.24. The highest BCUT2D eigenvalue weighted by Crippen LogP contribution is 2.08. The number of ether oxygens (including phenoxy) is 2. The fraction of sp³-hybridized carbons (Fsp3) is 0.615. The molecule has 0 aromatic carbocycles. The van der Waals surface area contributed by atoms with Crippen molar-refractivity contribution in [2.75, 3.05) is 7.11 Å². The highest BCUT2D eigenvalue weighted by atomic mass is 16.6. The van der Waals surface area contributed by atoms with Crippen molar-refractivity contribution in [1.82, 2.24) is 5.32 Å². The van der Waals surface area contributed by atoms with Crippen molar-refractivity contribution < 1.29 is 23.9 Å². The molecule has 7 nitrogen and oxygen atoms in total. The molecule has 0 aromatic heterocycles. The zero-order valence-corrected chi connectivity index (χ0v) is 12.3. The Balaban J connectivity index is 4.59. The number of nitrogens with one attached hydrogen (secondary N) is 1. The second kappa shape index (κ2) is 8.19. The standard InChI is InChI=1S/C13H22N2O5/c1-13(2,3)20-12(18)15-9(5-7-10(14)16)6-8-11(17)19-4/h6,8-9H,5,7H2,1-4H3,(H2,14,16)(H,15,18)/b8-6+/t9-/m0/s1. The molecule has 0 rings (SSSR count). The van der Waals surface area contributed by atoms with Crippen molar-refractivity contribution in [3.05, 3.63) is 12.2 Å². The van der Waals surface area contributed by atoms with E-state index in [1.54, 1.807) is 20.8 Å². The van der Waals surface area contributed by atoms with Crippen LogP contribution < -0.4 is 11.1 Å². The number of carbonyl (C=O) groups is 3. The summed E-state index contributed by atoms with van der Waals surface area (Å²) in [6.07, 6.45) is 2.30. The first-order valence-electron chi connectivity index (χ1n) is 6.18. The van der Waals surface area contributed by atoms with Crippen LogP contribution in [0, 0.1) is 0 Å². The smallest absolute Gasteiger partial charge is 0.408 e.